The molecule has 31 heteroatoms. The van der Waals surface area contributed by atoms with Gasteiger partial charge in [-0.2, -0.15) is 4.98 Å². The molecule has 260 valence electrons. The van der Waals surface area contributed by atoms with Crippen molar-refractivity contribution in [2.75, 3.05) is 60.6 Å². The summed E-state index contributed by atoms with van der Waals surface area (Å²) in [6, 6.07) is -0.0478. The highest BCUT2D eigenvalue weighted by molar-refractivity contribution is 7.71. The van der Waals surface area contributed by atoms with Gasteiger partial charge in [0.2, 0.25) is 10.7 Å². The van der Waals surface area contributed by atoms with Gasteiger partial charge in [0.1, 0.15) is 0 Å². The molecule has 1 aromatic heterocycles. The Kier molecular flexibility index (Phi) is 12.1. The van der Waals surface area contributed by atoms with Crippen LogP contribution in [0.3, 0.4) is 0 Å². The van der Waals surface area contributed by atoms with Gasteiger partial charge in [0.05, 0.1) is 12.7 Å². The number of ether oxygens (including phenoxy) is 1. The smallest absolute Gasteiger partial charge is 0.391 e. The number of rotatable bonds is 14. The fraction of sp³-hybridized carbons (Fsp3) is 0.857. The maximum Gasteiger partial charge on any atom is 0.667 e. The van der Waals surface area contributed by atoms with E-state index in [4.69, 9.17) is 76.1 Å². The molecule has 7 N–H and O–H groups in total. The average molecular weight is 793 g/mol. The normalized spacial score (nSPS) is 34.6. The number of hydrogen-bond acceptors (Lipinski definition) is 22. The van der Waals surface area contributed by atoms with Crippen LogP contribution < -0.4 is 5.32 Å². The lowest BCUT2D eigenvalue weighted by Crippen LogP contribution is -2.86. The molecule has 5 atom stereocenters. The van der Waals surface area contributed by atoms with Crippen molar-refractivity contribution in [3.05, 3.63) is 4.77 Å². The summed E-state index contributed by atoms with van der Waals surface area (Å²) in [4.78, 5) is 36.3. The van der Waals surface area contributed by atoms with Crippen LogP contribution in [0.5, 0.6) is 0 Å². The summed E-state index contributed by atoms with van der Waals surface area (Å²) in [5.41, 5.74) is 0. The third kappa shape index (κ3) is 9.13. The number of aromatic nitrogens is 3. The first-order chi connectivity index (χ1) is 21.0. The Morgan fingerprint density at radius 2 is 1.40 bits per heavy atom. The van der Waals surface area contributed by atoms with E-state index < -0.39 is 69.0 Å². The molecule has 3 aliphatic heterocycles. The van der Waals surface area contributed by atoms with E-state index in [1.165, 1.54) is 27.9 Å². The van der Waals surface area contributed by atoms with Crippen molar-refractivity contribution in [2.45, 2.75) is 25.1 Å². The third-order valence-electron chi connectivity index (χ3n) is 5.85. The minimum Gasteiger partial charge on any atom is -0.391 e. The number of nitrogens with one attached hydrogen (secondary N) is 3. The molecular formula is C14H36N4O19SSi7. The van der Waals surface area contributed by atoms with Crippen molar-refractivity contribution in [1.29, 1.82) is 0 Å². The summed E-state index contributed by atoms with van der Waals surface area (Å²) in [6.07, 6.45) is -0.716. The fourth-order valence-corrected chi connectivity index (χ4v) is 31.7. The van der Waals surface area contributed by atoms with Crippen molar-refractivity contribution in [1.82, 2.24) is 15.2 Å². The molecule has 5 unspecified atom stereocenters. The zero-order valence-electron chi connectivity index (χ0n) is 24.9. The van der Waals surface area contributed by atoms with Crippen LogP contribution in [-0.4, -0.2) is 159 Å². The van der Waals surface area contributed by atoms with Gasteiger partial charge in [0, 0.05) is 61.3 Å². The Hall–Kier alpha value is -0.0818. The molecule has 3 fully saturated rings. The summed E-state index contributed by atoms with van der Waals surface area (Å²) in [6.45, 7) is 1.36. The molecule has 3 saturated heterocycles. The van der Waals surface area contributed by atoms with Crippen LogP contribution in [0.25, 0.3) is 0 Å². The summed E-state index contributed by atoms with van der Waals surface area (Å²) in [7, 11) is -25.9. The molecule has 3 aliphatic rings. The number of H-pyrrole nitrogens is 2. The number of aromatic amines is 2. The second-order valence-corrected chi connectivity index (χ2v) is 27.8. The Bertz CT molecular complexity index is 1150. The van der Waals surface area contributed by atoms with Crippen LogP contribution in [0, 0.1) is 4.77 Å². The van der Waals surface area contributed by atoms with E-state index in [1.54, 1.807) is 0 Å². The number of hydrogen-bond donors (Lipinski definition) is 7. The van der Waals surface area contributed by atoms with E-state index >= 15 is 0 Å². The zero-order valence-corrected chi connectivity index (χ0v) is 32.7. The van der Waals surface area contributed by atoms with Crippen LogP contribution in [0.1, 0.15) is 6.42 Å². The van der Waals surface area contributed by atoms with Gasteiger partial charge in [0.15, 0.2) is 0 Å². The second-order valence-electron chi connectivity index (χ2n) is 9.30. The van der Waals surface area contributed by atoms with Gasteiger partial charge in [-0.05, 0) is 18.6 Å². The van der Waals surface area contributed by atoms with Gasteiger partial charge in [-0.25, -0.2) is 0 Å². The first-order valence-corrected chi connectivity index (χ1v) is 25.8. The molecule has 0 radical (unpaired) electrons. The molecule has 0 amide bonds. The first-order valence-electron chi connectivity index (χ1n) is 12.9. The molecule has 0 aliphatic carbocycles. The van der Waals surface area contributed by atoms with Gasteiger partial charge in [-0.15, -0.1) is 0 Å². The van der Waals surface area contributed by atoms with E-state index in [2.05, 4.69) is 20.5 Å². The molecule has 23 nitrogen and oxygen atoms in total. The lowest BCUT2D eigenvalue weighted by molar-refractivity contribution is -0.105. The first kappa shape index (κ1) is 37.7. The minimum absolute atomic E-state index is 0.0478. The van der Waals surface area contributed by atoms with Crippen LogP contribution in [0.4, 0.5) is 5.95 Å². The van der Waals surface area contributed by atoms with Gasteiger partial charge in [0.25, 0.3) is 0 Å². The van der Waals surface area contributed by atoms with E-state index in [0.29, 0.717) is 5.95 Å². The highest BCUT2D eigenvalue weighted by Crippen LogP contribution is 2.44. The minimum atomic E-state index is -5.14. The molecule has 0 bridgehead atoms. The van der Waals surface area contributed by atoms with Crippen molar-refractivity contribution in [2.24, 2.45) is 0 Å². The van der Waals surface area contributed by atoms with E-state index in [1.807, 2.05) is 0 Å². The highest BCUT2D eigenvalue weighted by atomic mass is 32.1. The second kappa shape index (κ2) is 14.4. The van der Waals surface area contributed by atoms with Crippen LogP contribution in [-0.2, 0) is 63.9 Å². The molecule has 0 saturated carbocycles. The highest BCUT2D eigenvalue weighted by Gasteiger charge is 2.84. The fourth-order valence-electron chi connectivity index (χ4n) is 4.01. The number of aliphatic hydroxyl groups excluding tert-OH is 1. The Morgan fingerprint density at radius 3 is 1.96 bits per heavy atom. The maximum absolute atomic E-state index is 11.0. The third-order valence-corrected chi connectivity index (χ3v) is 29.3. The lowest BCUT2D eigenvalue weighted by atomic mass is 10.4. The summed E-state index contributed by atoms with van der Waals surface area (Å²) < 4.78 is 85.0. The predicted molar refractivity (Wildman–Crippen MR) is 156 cm³/mol. The molecule has 45 heavy (non-hydrogen) atoms. The Morgan fingerprint density at radius 1 is 0.800 bits per heavy atom. The monoisotopic (exact) mass is 792 g/mol. The van der Waals surface area contributed by atoms with Crippen LogP contribution >= 0.6 is 12.2 Å². The molecule has 1 aromatic rings. The molecule has 4 rings (SSSR count). The van der Waals surface area contributed by atoms with Crippen molar-refractivity contribution in [3.8, 4) is 0 Å². The summed E-state index contributed by atoms with van der Waals surface area (Å²) >= 11 is 4.88. The van der Waals surface area contributed by atoms with E-state index in [-0.39, 0.29) is 37.0 Å². The van der Waals surface area contributed by atoms with E-state index in [0.717, 1.165) is 14.2 Å². The van der Waals surface area contributed by atoms with Crippen LogP contribution in [0.15, 0.2) is 0 Å². The maximum atomic E-state index is 11.0. The number of aliphatic hydroxyl groups is 1. The van der Waals surface area contributed by atoms with Crippen LogP contribution in [0.2, 0.25) is 12.6 Å². The van der Waals surface area contributed by atoms with Gasteiger partial charge in [-0.3, -0.25) is 10.2 Å². The van der Waals surface area contributed by atoms with Gasteiger partial charge >= 0.3 is 62.8 Å². The van der Waals surface area contributed by atoms with Crippen molar-refractivity contribution >= 4 is 81.0 Å². The molecule has 4 heterocycles. The zero-order chi connectivity index (χ0) is 33.2. The number of nitrogens with zero attached hydrogens (tertiary/aromatic N) is 1. The number of anilines is 1. The topological polar surface area (TPSA) is 276 Å². The quantitative estimate of drug-likeness (QED) is 0.0553. The van der Waals surface area contributed by atoms with E-state index in [9.17, 15) is 19.5 Å². The largest absolute Gasteiger partial charge is 0.667 e. The molecular weight excluding hydrogens is 757 g/mol. The van der Waals surface area contributed by atoms with Gasteiger partial charge < -0.3 is 88.7 Å². The summed E-state index contributed by atoms with van der Waals surface area (Å²) in [5.74, 6) is 0.357. The standard InChI is InChI=1S/C14H36N4O19SSi7/c1-23-40(9-7-8-28-11-12(19)10-15-13-16-14(38)18-17-13)31-44(30-39(6,20)29-42(24-2,25-3)35-44)37-45(32-40)34-41(21,22)33-43(26-4,27-5)36-45/h12,19-22H,7-11H2,1-6H3,(H3,15,16,17,18,38). The SMILES string of the molecule is CO[Si]1(CCCOCC(O)CNc2nc(=S)[nH][nH]2)O[Si]2(O[Si](C)(O)O[Si](OC)(OC)O2)O[Si]2(O[Si](O)(O)O[Si](OC)(OC)O2)O1. The Balaban J connectivity index is 1.55. The lowest BCUT2D eigenvalue weighted by Gasteiger charge is -2.53. The van der Waals surface area contributed by atoms with Crippen molar-refractivity contribution in [3.63, 3.8) is 0 Å². The van der Waals surface area contributed by atoms with Gasteiger partial charge in [-0.1, -0.05) is 0 Å². The predicted octanol–water partition coefficient (Wildman–Crippen LogP) is -3.27. The Labute approximate surface area is 269 Å². The molecule has 2 spiro atoms. The average Bonchev–Trinajstić information content (AvgIpc) is 3.38. The van der Waals surface area contributed by atoms with Crippen molar-refractivity contribution < 1.29 is 83.4 Å². The summed E-state index contributed by atoms with van der Waals surface area (Å²) in [5, 5.41) is 18.4. The molecule has 0 aromatic carbocycles.